The molecule has 6 heteroatoms. The topological polar surface area (TPSA) is 55.8 Å². The second-order valence-corrected chi connectivity index (χ2v) is 9.23. The summed E-state index contributed by atoms with van der Waals surface area (Å²) in [6, 6.07) is 7.35. The first kappa shape index (κ1) is 18.8. The summed E-state index contributed by atoms with van der Waals surface area (Å²) in [5.74, 6) is 3.88. The van der Waals surface area contributed by atoms with Gasteiger partial charge in [0.1, 0.15) is 15.4 Å². The van der Waals surface area contributed by atoms with Crippen LogP contribution in [0.2, 0.25) is 0 Å². The molecule has 2 atom stereocenters. The lowest BCUT2D eigenvalue weighted by atomic mass is 10.1. The fraction of sp³-hybridized carbons (Fsp3) is 0.556. The molecule has 134 valence electrons. The molecule has 0 aliphatic carbocycles. The number of amides is 1. The minimum Gasteiger partial charge on any atom is -0.444 e. The molecular formula is C18H27NO4S. The molecule has 2 rings (SSSR count). The Morgan fingerprint density at radius 1 is 1.33 bits per heavy atom. The summed E-state index contributed by atoms with van der Waals surface area (Å²) in [6.45, 7) is 9.02. The third-order valence-corrected chi connectivity index (χ3v) is 5.32. The fourth-order valence-electron chi connectivity index (χ4n) is 2.48. The molecule has 1 aromatic carbocycles. The van der Waals surface area contributed by atoms with Crippen molar-refractivity contribution in [2.24, 2.45) is 5.92 Å². The van der Waals surface area contributed by atoms with Crippen LogP contribution in [0, 0.1) is 12.8 Å². The Kier molecular flexibility index (Phi) is 5.60. The summed E-state index contributed by atoms with van der Waals surface area (Å²) < 4.78 is 23.6. The zero-order chi connectivity index (χ0) is 18.0. The fourth-order valence-corrected chi connectivity index (χ4v) is 3.58. The zero-order valence-corrected chi connectivity index (χ0v) is 15.7. The molecule has 1 aliphatic heterocycles. The highest BCUT2D eigenvalue weighted by Crippen LogP contribution is 2.22. The second kappa shape index (κ2) is 7.15. The average Bonchev–Trinajstić information content (AvgIpc) is 2.93. The first-order valence-corrected chi connectivity index (χ1v) is 9.78. The van der Waals surface area contributed by atoms with E-state index in [4.69, 9.17) is 8.92 Å². The molecule has 0 spiro atoms. The first-order valence-electron chi connectivity index (χ1n) is 8.13. The highest BCUT2D eigenvalue weighted by molar-refractivity contribution is 7.96. The predicted octanol–water partition coefficient (Wildman–Crippen LogP) is 3.26. The third kappa shape index (κ3) is 5.24. The summed E-state index contributed by atoms with van der Waals surface area (Å²) in [5.41, 5.74) is 0.594. The van der Waals surface area contributed by atoms with Crippen LogP contribution in [0.25, 0.3) is 0 Å². The van der Waals surface area contributed by atoms with Crippen molar-refractivity contribution >= 4 is 21.8 Å². The van der Waals surface area contributed by atoms with Gasteiger partial charge in [0.05, 0.1) is 11.5 Å². The number of rotatable bonds is 4. The van der Waals surface area contributed by atoms with Crippen molar-refractivity contribution < 1.29 is 17.9 Å². The number of carbonyl (C=O) groups excluding carboxylic acids is 1. The van der Waals surface area contributed by atoms with Crippen molar-refractivity contribution in [2.45, 2.75) is 44.6 Å². The van der Waals surface area contributed by atoms with Gasteiger partial charge in [0.15, 0.2) is 0 Å². The van der Waals surface area contributed by atoms with Crippen molar-refractivity contribution in [3.05, 3.63) is 29.8 Å². The largest absolute Gasteiger partial charge is 0.444 e. The Bertz CT molecular complexity index is 674. The molecule has 1 fully saturated rings. The molecule has 0 N–H and O–H groups in total. The van der Waals surface area contributed by atoms with Crippen LogP contribution in [-0.4, -0.2) is 46.4 Å². The van der Waals surface area contributed by atoms with Gasteiger partial charge in [-0.1, -0.05) is 17.7 Å². The molecule has 1 aliphatic rings. The summed E-state index contributed by atoms with van der Waals surface area (Å²) >= 11 is 0. The zero-order valence-electron chi connectivity index (χ0n) is 14.9. The number of aryl methyl sites for hydroxylation is 1. The lowest BCUT2D eigenvalue weighted by Crippen LogP contribution is -2.35. The summed E-state index contributed by atoms with van der Waals surface area (Å²) in [6.07, 6.45) is 0.502. The van der Waals surface area contributed by atoms with Crippen LogP contribution in [0.15, 0.2) is 29.2 Å². The molecule has 2 unspecified atom stereocenters. The van der Waals surface area contributed by atoms with Gasteiger partial charge in [-0.05, 0) is 52.1 Å². The standard InChI is InChI=1S/C18H27NO4S/c1-14-6-8-16(9-7-14)24(5,21)22-13-15-10-11-19(12-15)17(20)23-18(2,3)4/h6-9,15H,5,10-13H2,1-4H3. The van der Waals surface area contributed by atoms with Gasteiger partial charge in [0, 0.05) is 19.0 Å². The number of hydrogen-bond donors (Lipinski definition) is 0. The SMILES string of the molecule is C=S(=O)(OCC1CCN(C(=O)OC(C)(C)C)C1)c1ccc(C)cc1. The van der Waals surface area contributed by atoms with Crippen LogP contribution < -0.4 is 0 Å². The van der Waals surface area contributed by atoms with Gasteiger partial charge in [0.2, 0.25) is 0 Å². The molecule has 1 heterocycles. The van der Waals surface area contributed by atoms with E-state index in [0.717, 1.165) is 12.0 Å². The lowest BCUT2D eigenvalue weighted by molar-refractivity contribution is 0.0285. The van der Waals surface area contributed by atoms with Crippen molar-refractivity contribution in [1.82, 2.24) is 4.90 Å². The molecule has 1 amide bonds. The van der Waals surface area contributed by atoms with Crippen LogP contribution in [0.4, 0.5) is 4.79 Å². The van der Waals surface area contributed by atoms with E-state index in [2.05, 4.69) is 5.87 Å². The monoisotopic (exact) mass is 353 g/mol. The second-order valence-electron chi connectivity index (χ2n) is 7.29. The number of likely N-dealkylation sites (tertiary alicyclic amines) is 1. The lowest BCUT2D eigenvalue weighted by Gasteiger charge is -2.24. The number of carbonyl (C=O) groups is 1. The maximum atomic E-state index is 12.6. The van der Waals surface area contributed by atoms with Crippen molar-refractivity contribution in [3.63, 3.8) is 0 Å². The third-order valence-electron chi connectivity index (χ3n) is 3.81. The van der Waals surface area contributed by atoms with E-state index < -0.39 is 15.4 Å². The van der Waals surface area contributed by atoms with Gasteiger partial charge >= 0.3 is 6.09 Å². The minimum atomic E-state index is -2.77. The smallest absolute Gasteiger partial charge is 0.410 e. The molecule has 0 radical (unpaired) electrons. The summed E-state index contributed by atoms with van der Waals surface area (Å²) in [4.78, 5) is 14.3. The van der Waals surface area contributed by atoms with Crippen LogP contribution in [-0.2, 0) is 18.7 Å². The van der Waals surface area contributed by atoms with Crippen LogP contribution in [0.3, 0.4) is 0 Å². The van der Waals surface area contributed by atoms with Crippen LogP contribution in [0.1, 0.15) is 32.8 Å². The van der Waals surface area contributed by atoms with Gasteiger partial charge in [-0.3, -0.25) is 4.18 Å². The highest BCUT2D eigenvalue weighted by Gasteiger charge is 2.30. The number of benzene rings is 1. The Labute approximate surface area is 145 Å². The van der Waals surface area contributed by atoms with Gasteiger partial charge in [-0.25, -0.2) is 9.00 Å². The Hall–Kier alpha value is -1.53. The summed E-state index contributed by atoms with van der Waals surface area (Å²) in [5, 5.41) is 0. The van der Waals surface area contributed by atoms with E-state index >= 15 is 0 Å². The van der Waals surface area contributed by atoms with E-state index in [1.807, 2.05) is 39.8 Å². The van der Waals surface area contributed by atoms with E-state index in [0.29, 0.717) is 24.6 Å². The summed E-state index contributed by atoms with van der Waals surface area (Å²) in [7, 11) is -2.77. The van der Waals surface area contributed by atoms with Gasteiger partial charge in [-0.15, -0.1) is 0 Å². The maximum absolute atomic E-state index is 12.6. The van der Waals surface area contributed by atoms with E-state index in [1.54, 1.807) is 17.0 Å². The molecular weight excluding hydrogens is 326 g/mol. The predicted molar refractivity (Wildman–Crippen MR) is 96.6 cm³/mol. The Morgan fingerprint density at radius 2 is 1.96 bits per heavy atom. The first-order chi connectivity index (χ1) is 11.1. The molecule has 0 saturated carbocycles. The molecule has 24 heavy (non-hydrogen) atoms. The number of nitrogens with zero attached hydrogens (tertiary/aromatic N) is 1. The number of hydrogen-bond acceptors (Lipinski definition) is 4. The quantitative estimate of drug-likeness (QED) is 0.780. The van der Waals surface area contributed by atoms with E-state index in [1.165, 1.54) is 0 Å². The van der Waals surface area contributed by atoms with Crippen molar-refractivity contribution in [2.75, 3.05) is 19.7 Å². The Morgan fingerprint density at radius 3 is 2.54 bits per heavy atom. The van der Waals surface area contributed by atoms with Gasteiger partial charge in [0.25, 0.3) is 0 Å². The Balaban J connectivity index is 1.87. The number of ether oxygens (including phenoxy) is 1. The normalized spacial score (nSPS) is 20.7. The molecule has 1 saturated heterocycles. The van der Waals surface area contributed by atoms with E-state index in [9.17, 15) is 9.00 Å². The average molecular weight is 353 g/mol. The van der Waals surface area contributed by atoms with Crippen LogP contribution >= 0.6 is 0 Å². The molecule has 0 aromatic heterocycles. The van der Waals surface area contributed by atoms with Gasteiger partial charge < -0.3 is 9.64 Å². The van der Waals surface area contributed by atoms with Crippen LogP contribution in [0.5, 0.6) is 0 Å². The molecule has 0 bridgehead atoms. The minimum absolute atomic E-state index is 0.144. The van der Waals surface area contributed by atoms with Gasteiger partial charge in [-0.2, -0.15) is 0 Å². The maximum Gasteiger partial charge on any atom is 0.410 e. The van der Waals surface area contributed by atoms with Crippen molar-refractivity contribution in [3.8, 4) is 0 Å². The molecule has 1 aromatic rings. The molecule has 5 nitrogen and oxygen atoms in total. The van der Waals surface area contributed by atoms with E-state index in [-0.39, 0.29) is 12.0 Å². The highest BCUT2D eigenvalue weighted by atomic mass is 32.2. The van der Waals surface area contributed by atoms with Crippen molar-refractivity contribution in [1.29, 1.82) is 0 Å².